The highest BCUT2D eigenvalue weighted by Gasteiger charge is 2.14. The molecule has 0 atom stereocenters. The molecule has 1 heterocycles. The molecule has 2 rings (SSSR count). The summed E-state index contributed by atoms with van der Waals surface area (Å²) in [6.45, 7) is 2.86. The molecule has 0 aliphatic rings. The van der Waals surface area contributed by atoms with Crippen molar-refractivity contribution in [3.05, 3.63) is 23.9 Å². The number of carbonyl (C=O) groups excluding carboxylic acids is 1. The van der Waals surface area contributed by atoms with Gasteiger partial charge in [0.25, 0.3) is 0 Å². The highest BCUT2D eigenvalue weighted by molar-refractivity contribution is 6.18. The first kappa shape index (κ1) is 16.5. The van der Waals surface area contributed by atoms with Gasteiger partial charge in [-0.05, 0) is 18.6 Å². The number of H-pyrrole nitrogens is 1. The van der Waals surface area contributed by atoms with Crippen LogP contribution in [0.4, 0.5) is 0 Å². The molecule has 0 amide bonds. The van der Waals surface area contributed by atoms with Gasteiger partial charge in [-0.1, -0.05) is 13.3 Å². The Bertz CT molecular complexity index is 638. The van der Waals surface area contributed by atoms with E-state index >= 15 is 0 Å². The average molecular weight is 326 g/mol. The predicted octanol–water partition coefficient (Wildman–Crippen LogP) is 3.75. The number of methoxy groups -OCH3 is 1. The number of benzene rings is 1. The number of halogens is 1. The van der Waals surface area contributed by atoms with Crippen molar-refractivity contribution in [3.63, 3.8) is 0 Å². The molecular weight excluding hydrogens is 306 g/mol. The van der Waals surface area contributed by atoms with Gasteiger partial charge in [0, 0.05) is 11.5 Å². The molecule has 1 aromatic carbocycles. The Hall–Kier alpha value is -1.88. The van der Waals surface area contributed by atoms with E-state index in [1.807, 2.05) is 13.0 Å². The zero-order chi connectivity index (χ0) is 15.9. The second-order valence-corrected chi connectivity index (χ2v) is 5.18. The maximum absolute atomic E-state index is 12.0. The number of esters is 1. The molecule has 1 N–H and O–H groups in total. The Morgan fingerprint density at radius 1 is 1.23 bits per heavy atom. The molecular formula is C16H20ClNO4. The standard InChI is InChI=1S/C16H20ClNO4/c1-3-4-6-22-16(19)13-8-11-9-15(21-7-5-17)14(20-2)10-12(11)18-13/h8-10,18H,3-7H2,1-2H3. The van der Waals surface area contributed by atoms with Crippen molar-refractivity contribution < 1.29 is 19.0 Å². The van der Waals surface area contributed by atoms with Gasteiger partial charge in [-0.15, -0.1) is 11.6 Å². The topological polar surface area (TPSA) is 60.6 Å². The van der Waals surface area contributed by atoms with E-state index in [4.69, 9.17) is 25.8 Å². The second kappa shape index (κ2) is 7.94. The number of unbranched alkanes of at least 4 members (excludes halogenated alkanes) is 1. The summed E-state index contributed by atoms with van der Waals surface area (Å²) < 4.78 is 16.0. The lowest BCUT2D eigenvalue weighted by Gasteiger charge is -2.09. The number of ether oxygens (including phenoxy) is 3. The van der Waals surface area contributed by atoms with Crippen LogP contribution in [0.3, 0.4) is 0 Å². The van der Waals surface area contributed by atoms with Crippen molar-refractivity contribution in [1.29, 1.82) is 0 Å². The highest BCUT2D eigenvalue weighted by Crippen LogP contribution is 2.32. The first-order valence-electron chi connectivity index (χ1n) is 7.26. The van der Waals surface area contributed by atoms with Crippen LogP contribution in [0.5, 0.6) is 11.5 Å². The van der Waals surface area contributed by atoms with Crippen molar-refractivity contribution in [1.82, 2.24) is 4.98 Å². The largest absolute Gasteiger partial charge is 0.493 e. The molecule has 0 aliphatic carbocycles. The quantitative estimate of drug-likeness (QED) is 0.456. The summed E-state index contributed by atoms with van der Waals surface area (Å²) in [4.78, 5) is 15.0. The SMILES string of the molecule is CCCCOC(=O)c1cc2cc(OCCCl)c(OC)cc2[nH]1. The van der Waals surface area contributed by atoms with E-state index in [-0.39, 0.29) is 5.97 Å². The molecule has 0 saturated carbocycles. The van der Waals surface area contributed by atoms with Crippen molar-refractivity contribution in [2.24, 2.45) is 0 Å². The van der Waals surface area contributed by atoms with Crippen molar-refractivity contribution in [3.8, 4) is 11.5 Å². The minimum absolute atomic E-state index is 0.355. The van der Waals surface area contributed by atoms with Gasteiger partial charge in [-0.3, -0.25) is 0 Å². The summed E-state index contributed by atoms with van der Waals surface area (Å²) in [6.07, 6.45) is 1.84. The lowest BCUT2D eigenvalue weighted by molar-refractivity contribution is 0.0494. The number of aromatic amines is 1. The fraction of sp³-hybridized carbons (Fsp3) is 0.438. The van der Waals surface area contributed by atoms with E-state index in [2.05, 4.69) is 4.98 Å². The van der Waals surface area contributed by atoms with Gasteiger partial charge in [0.05, 0.1) is 25.1 Å². The van der Waals surface area contributed by atoms with Crippen LogP contribution in [0.15, 0.2) is 18.2 Å². The highest BCUT2D eigenvalue weighted by atomic mass is 35.5. The summed E-state index contributed by atoms with van der Waals surface area (Å²) in [5.41, 5.74) is 1.21. The maximum Gasteiger partial charge on any atom is 0.354 e. The van der Waals surface area contributed by atoms with E-state index in [0.29, 0.717) is 36.3 Å². The Balaban J connectivity index is 2.23. The third kappa shape index (κ3) is 3.85. The third-order valence-corrected chi connectivity index (χ3v) is 3.34. The summed E-state index contributed by atoms with van der Waals surface area (Å²) >= 11 is 5.64. The molecule has 0 unspecified atom stereocenters. The lowest BCUT2D eigenvalue weighted by Crippen LogP contribution is -2.06. The monoisotopic (exact) mass is 325 g/mol. The van der Waals surface area contributed by atoms with Crippen LogP contribution < -0.4 is 9.47 Å². The van der Waals surface area contributed by atoms with E-state index in [1.165, 1.54) is 0 Å². The average Bonchev–Trinajstić information content (AvgIpc) is 2.94. The summed E-state index contributed by atoms with van der Waals surface area (Å²) in [5.74, 6) is 1.22. The van der Waals surface area contributed by atoms with E-state index < -0.39 is 0 Å². The third-order valence-electron chi connectivity index (χ3n) is 3.19. The van der Waals surface area contributed by atoms with Crippen LogP contribution in [-0.2, 0) is 4.74 Å². The summed E-state index contributed by atoms with van der Waals surface area (Å²) in [6, 6.07) is 5.36. The fourth-order valence-corrected chi connectivity index (χ4v) is 2.13. The number of aromatic nitrogens is 1. The molecule has 0 aliphatic heterocycles. The first-order valence-corrected chi connectivity index (χ1v) is 7.79. The molecule has 5 nitrogen and oxygen atoms in total. The van der Waals surface area contributed by atoms with Gasteiger partial charge in [0.1, 0.15) is 12.3 Å². The number of hydrogen-bond acceptors (Lipinski definition) is 4. The second-order valence-electron chi connectivity index (χ2n) is 4.80. The first-order chi connectivity index (χ1) is 10.7. The molecule has 1 aromatic heterocycles. The lowest BCUT2D eigenvalue weighted by atomic mass is 10.2. The predicted molar refractivity (Wildman–Crippen MR) is 86.3 cm³/mol. The normalized spacial score (nSPS) is 10.7. The number of nitrogens with one attached hydrogen (secondary N) is 1. The van der Waals surface area contributed by atoms with Gasteiger partial charge in [-0.2, -0.15) is 0 Å². The Morgan fingerprint density at radius 2 is 2.05 bits per heavy atom. The molecule has 0 spiro atoms. The van der Waals surface area contributed by atoms with Crippen LogP contribution in [0.1, 0.15) is 30.3 Å². The van der Waals surface area contributed by atoms with Gasteiger partial charge in [0.2, 0.25) is 0 Å². The molecule has 2 aromatic rings. The number of rotatable bonds is 8. The summed E-state index contributed by atoms with van der Waals surface area (Å²) in [7, 11) is 1.57. The van der Waals surface area contributed by atoms with E-state index in [9.17, 15) is 4.79 Å². The minimum atomic E-state index is -0.355. The van der Waals surface area contributed by atoms with Crippen LogP contribution in [0, 0.1) is 0 Å². The van der Waals surface area contributed by atoms with Gasteiger partial charge >= 0.3 is 5.97 Å². The zero-order valence-corrected chi connectivity index (χ0v) is 13.5. The van der Waals surface area contributed by atoms with Crippen LogP contribution in [-0.4, -0.2) is 37.2 Å². The van der Waals surface area contributed by atoms with Gasteiger partial charge in [0.15, 0.2) is 11.5 Å². The molecule has 0 saturated heterocycles. The van der Waals surface area contributed by atoms with Crippen LogP contribution in [0.25, 0.3) is 10.9 Å². The molecule has 0 radical (unpaired) electrons. The van der Waals surface area contributed by atoms with Crippen molar-refractivity contribution in [2.45, 2.75) is 19.8 Å². The van der Waals surface area contributed by atoms with Crippen LogP contribution in [0.2, 0.25) is 0 Å². The minimum Gasteiger partial charge on any atom is -0.493 e. The number of carbonyl (C=O) groups is 1. The molecule has 0 bridgehead atoms. The van der Waals surface area contributed by atoms with Crippen molar-refractivity contribution >= 4 is 28.5 Å². The number of alkyl halides is 1. The van der Waals surface area contributed by atoms with Gasteiger partial charge < -0.3 is 19.2 Å². The zero-order valence-electron chi connectivity index (χ0n) is 12.8. The smallest absolute Gasteiger partial charge is 0.354 e. The van der Waals surface area contributed by atoms with E-state index in [1.54, 1.807) is 19.2 Å². The Kier molecular flexibility index (Phi) is 5.95. The van der Waals surface area contributed by atoms with E-state index in [0.717, 1.165) is 23.7 Å². The number of fused-ring (bicyclic) bond motifs is 1. The van der Waals surface area contributed by atoms with Crippen molar-refractivity contribution in [2.75, 3.05) is 26.2 Å². The van der Waals surface area contributed by atoms with Crippen LogP contribution >= 0.6 is 11.6 Å². The molecule has 0 fully saturated rings. The molecule has 6 heteroatoms. The molecule has 22 heavy (non-hydrogen) atoms. The Labute approximate surface area is 134 Å². The fourth-order valence-electron chi connectivity index (χ4n) is 2.06. The summed E-state index contributed by atoms with van der Waals surface area (Å²) in [5, 5.41) is 0.854. The molecule has 120 valence electrons. The Morgan fingerprint density at radius 3 is 2.73 bits per heavy atom. The maximum atomic E-state index is 12.0. The number of hydrogen-bond donors (Lipinski definition) is 1. The van der Waals surface area contributed by atoms with Gasteiger partial charge in [-0.25, -0.2) is 4.79 Å².